The molecule has 1 unspecified atom stereocenters. The van der Waals surface area contributed by atoms with E-state index in [0.29, 0.717) is 12.0 Å². The number of aliphatic hydroxyl groups excluding tert-OH is 1. The summed E-state index contributed by atoms with van der Waals surface area (Å²) in [7, 11) is 0. The first kappa shape index (κ1) is 15.3. The molecule has 0 aromatic carbocycles. The number of azide groups is 1. The van der Waals surface area contributed by atoms with Crippen molar-refractivity contribution in [3.63, 3.8) is 0 Å². The van der Waals surface area contributed by atoms with Crippen molar-refractivity contribution in [2.24, 2.45) is 5.11 Å². The molecule has 114 valence electrons. The maximum Gasteiger partial charge on any atom is 0.330 e. The van der Waals surface area contributed by atoms with Gasteiger partial charge in [0.1, 0.15) is 6.23 Å². The fourth-order valence-electron chi connectivity index (χ4n) is 2.36. The van der Waals surface area contributed by atoms with Gasteiger partial charge < -0.3 is 9.84 Å². The molecule has 0 radical (unpaired) electrons. The minimum atomic E-state index is -0.825. The summed E-state index contributed by atoms with van der Waals surface area (Å²) in [5.41, 5.74) is 7.80. The number of aliphatic hydroxyl groups is 1. The predicted octanol–water partition coefficient (Wildman–Crippen LogP) is 0.448. The van der Waals surface area contributed by atoms with Crippen LogP contribution in [0.3, 0.4) is 0 Å². The lowest BCUT2D eigenvalue weighted by atomic mass is 10.2. The van der Waals surface area contributed by atoms with Crippen LogP contribution in [0.25, 0.3) is 10.4 Å². The molecule has 1 aliphatic rings. The molecule has 1 aromatic heterocycles. The molecule has 1 aliphatic heterocycles. The molecule has 0 aliphatic carbocycles. The second kappa shape index (κ2) is 6.57. The van der Waals surface area contributed by atoms with Gasteiger partial charge in [-0.15, -0.1) is 0 Å². The van der Waals surface area contributed by atoms with Gasteiger partial charge in [0.25, 0.3) is 5.56 Å². The van der Waals surface area contributed by atoms with Gasteiger partial charge in [-0.1, -0.05) is 18.5 Å². The van der Waals surface area contributed by atoms with Crippen molar-refractivity contribution in [1.29, 1.82) is 0 Å². The molecule has 0 amide bonds. The Morgan fingerprint density at radius 1 is 1.62 bits per heavy atom. The third kappa shape index (κ3) is 3.33. The van der Waals surface area contributed by atoms with E-state index in [1.54, 1.807) is 0 Å². The van der Waals surface area contributed by atoms with Crippen LogP contribution in [0.4, 0.5) is 0 Å². The van der Waals surface area contributed by atoms with Crippen LogP contribution in [0.1, 0.15) is 31.6 Å². The molecular formula is C12H17N5O4. The molecular weight excluding hydrogens is 278 g/mol. The van der Waals surface area contributed by atoms with Crippen LogP contribution in [0.15, 0.2) is 20.9 Å². The number of hydrogen-bond acceptors (Lipinski definition) is 5. The van der Waals surface area contributed by atoms with Crippen LogP contribution in [-0.2, 0) is 11.2 Å². The zero-order valence-electron chi connectivity index (χ0n) is 11.6. The van der Waals surface area contributed by atoms with Crippen LogP contribution < -0.4 is 11.2 Å². The van der Waals surface area contributed by atoms with E-state index in [0.717, 1.165) is 6.42 Å². The van der Waals surface area contributed by atoms with Crippen molar-refractivity contribution in [3.05, 3.63) is 43.0 Å². The largest absolute Gasteiger partial charge is 0.390 e. The number of rotatable bonds is 5. The lowest BCUT2D eigenvalue weighted by molar-refractivity contribution is -0.0151. The minimum absolute atomic E-state index is 0.00587. The van der Waals surface area contributed by atoms with Gasteiger partial charge >= 0.3 is 5.69 Å². The number of nitrogens with zero attached hydrogens (tertiary/aromatic N) is 4. The highest BCUT2D eigenvalue weighted by Crippen LogP contribution is 2.27. The van der Waals surface area contributed by atoms with Crippen molar-refractivity contribution < 1.29 is 9.84 Å². The molecule has 1 fully saturated rings. The molecule has 0 spiro atoms. The predicted molar refractivity (Wildman–Crippen MR) is 73.9 cm³/mol. The number of aromatic amines is 1. The Labute approximate surface area is 119 Å². The minimum Gasteiger partial charge on any atom is -0.390 e. The zero-order chi connectivity index (χ0) is 15.4. The third-order valence-corrected chi connectivity index (χ3v) is 3.40. The molecule has 2 N–H and O–H groups in total. The number of H-pyrrole nitrogens is 1. The Morgan fingerprint density at radius 2 is 2.38 bits per heavy atom. The molecule has 2 heterocycles. The number of ether oxygens (including phenoxy) is 1. The fourth-order valence-corrected chi connectivity index (χ4v) is 2.36. The average Bonchev–Trinajstić information content (AvgIpc) is 2.80. The molecule has 9 heteroatoms. The summed E-state index contributed by atoms with van der Waals surface area (Å²) in [6.07, 6.45) is 0.829. The van der Waals surface area contributed by atoms with Crippen LogP contribution >= 0.6 is 0 Å². The molecule has 9 nitrogen and oxygen atoms in total. The maximum absolute atomic E-state index is 11.9. The Morgan fingerprint density at radius 3 is 3.05 bits per heavy atom. The molecule has 0 saturated carbocycles. The van der Waals surface area contributed by atoms with Gasteiger partial charge in [0, 0.05) is 23.1 Å². The summed E-state index contributed by atoms with van der Waals surface area (Å²) in [5, 5.41) is 13.2. The normalized spacial score (nSPS) is 24.8. The third-order valence-electron chi connectivity index (χ3n) is 3.40. The van der Waals surface area contributed by atoms with Crippen molar-refractivity contribution >= 4 is 0 Å². The van der Waals surface area contributed by atoms with E-state index < -0.39 is 29.7 Å². The smallest absolute Gasteiger partial charge is 0.330 e. The van der Waals surface area contributed by atoms with Gasteiger partial charge in [0.05, 0.1) is 18.8 Å². The van der Waals surface area contributed by atoms with Crippen molar-refractivity contribution in [2.75, 3.05) is 6.54 Å². The second-order valence-corrected chi connectivity index (χ2v) is 4.92. The van der Waals surface area contributed by atoms with E-state index in [9.17, 15) is 14.7 Å². The van der Waals surface area contributed by atoms with Gasteiger partial charge in [-0.2, -0.15) is 0 Å². The molecule has 0 bridgehead atoms. The van der Waals surface area contributed by atoms with Crippen molar-refractivity contribution in [1.82, 2.24) is 9.55 Å². The lowest BCUT2D eigenvalue weighted by Gasteiger charge is -2.15. The Balaban J connectivity index is 2.26. The molecule has 1 aromatic rings. The highest BCUT2D eigenvalue weighted by molar-refractivity contribution is 5.05. The standard InChI is InChI=1S/C12H17N5O4/c1-2-3-7-6-17(12(20)15-11(7)19)10-4-8(18)9(21-10)5-14-16-13/h6,8-10,18H,2-5H2,1H3,(H,15,19,20)/t8?,9-,10-/m0/s1. The van der Waals surface area contributed by atoms with Crippen LogP contribution in [-0.4, -0.2) is 33.4 Å². The number of aromatic nitrogens is 2. The van der Waals surface area contributed by atoms with Crippen LogP contribution in [0.2, 0.25) is 0 Å². The van der Waals surface area contributed by atoms with Gasteiger partial charge in [-0.05, 0) is 12.0 Å². The number of nitrogens with one attached hydrogen (secondary N) is 1. The Kier molecular flexibility index (Phi) is 4.79. The molecule has 1 saturated heterocycles. The highest BCUT2D eigenvalue weighted by Gasteiger charge is 2.35. The Hall–Kier alpha value is -2.09. The second-order valence-electron chi connectivity index (χ2n) is 4.92. The lowest BCUT2D eigenvalue weighted by Crippen LogP contribution is -2.34. The van der Waals surface area contributed by atoms with Crippen LogP contribution in [0, 0.1) is 0 Å². The average molecular weight is 295 g/mol. The summed E-state index contributed by atoms with van der Waals surface area (Å²) in [6, 6.07) is 0. The summed E-state index contributed by atoms with van der Waals surface area (Å²) in [6.45, 7) is 1.93. The summed E-state index contributed by atoms with van der Waals surface area (Å²) in [4.78, 5) is 28.4. The van der Waals surface area contributed by atoms with E-state index >= 15 is 0 Å². The van der Waals surface area contributed by atoms with Crippen molar-refractivity contribution in [2.45, 2.75) is 44.6 Å². The monoisotopic (exact) mass is 295 g/mol. The first-order chi connectivity index (χ1) is 10.1. The zero-order valence-corrected chi connectivity index (χ0v) is 11.6. The Bertz CT molecular complexity index is 660. The molecule has 2 rings (SSSR count). The van der Waals surface area contributed by atoms with E-state index in [-0.39, 0.29) is 13.0 Å². The van der Waals surface area contributed by atoms with E-state index in [2.05, 4.69) is 15.0 Å². The van der Waals surface area contributed by atoms with Gasteiger partial charge in [-0.3, -0.25) is 14.3 Å². The molecule has 3 atom stereocenters. The highest BCUT2D eigenvalue weighted by atomic mass is 16.5. The van der Waals surface area contributed by atoms with E-state index in [1.807, 2.05) is 6.92 Å². The summed E-state index contributed by atoms with van der Waals surface area (Å²) >= 11 is 0. The number of aryl methyl sites for hydroxylation is 1. The van der Waals surface area contributed by atoms with Crippen molar-refractivity contribution in [3.8, 4) is 0 Å². The topological polar surface area (TPSA) is 133 Å². The van der Waals surface area contributed by atoms with E-state index in [4.69, 9.17) is 10.3 Å². The van der Waals surface area contributed by atoms with Crippen LogP contribution in [0.5, 0.6) is 0 Å². The van der Waals surface area contributed by atoms with Gasteiger partial charge in [-0.25, -0.2) is 4.79 Å². The SMILES string of the molecule is CCCc1cn([C@@H]2CC(O)[C@H](CN=[N+]=[N-])O2)c(=O)[nH]c1=O. The first-order valence-corrected chi connectivity index (χ1v) is 6.75. The van der Waals surface area contributed by atoms with E-state index in [1.165, 1.54) is 10.8 Å². The maximum atomic E-state index is 11.9. The first-order valence-electron chi connectivity index (χ1n) is 6.75. The number of hydrogen-bond donors (Lipinski definition) is 2. The summed E-state index contributed by atoms with van der Waals surface area (Å²) < 4.78 is 6.81. The van der Waals surface area contributed by atoms with Gasteiger partial charge in [0.2, 0.25) is 0 Å². The quantitative estimate of drug-likeness (QED) is 0.463. The fraction of sp³-hybridized carbons (Fsp3) is 0.667. The summed E-state index contributed by atoms with van der Waals surface area (Å²) in [5.74, 6) is 0. The molecule has 21 heavy (non-hydrogen) atoms. The van der Waals surface area contributed by atoms with Gasteiger partial charge in [0.15, 0.2) is 0 Å².